The van der Waals surface area contributed by atoms with Crippen molar-refractivity contribution in [2.45, 2.75) is 12.1 Å². The van der Waals surface area contributed by atoms with Crippen molar-refractivity contribution in [1.82, 2.24) is 10.2 Å². The lowest BCUT2D eigenvalue weighted by atomic mass is 10.2. The van der Waals surface area contributed by atoms with Gasteiger partial charge in [0.1, 0.15) is 5.75 Å². The van der Waals surface area contributed by atoms with Gasteiger partial charge in [-0.3, -0.25) is 0 Å². The van der Waals surface area contributed by atoms with Gasteiger partial charge in [-0.2, -0.15) is 0 Å². The fourth-order valence-corrected chi connectivity index (χ4v) is 2.82. The van der Waals surface area contributed by atoms with Gasteiger partial charge in [-0.15, -0.1) is 10.2 Å². The van der Waals surface area contributed by atoms with Gasteiger partial charge >= 0.3 is 0 Å². The summed E-state index contributed by atoms with van der Waals surface area (Å²) in [5.41, 5.74) is 2.04. The van der Waals surface area contributed by atoms with Crippen LogP contribution in [0.1, 0.15) is 5.56 Å². The highest BCUT2D eigenvalue weighted by atomic mass is 79.9. The Morgan fingerprint density at radius 3 is 2.65 bits per heavy atom. The van der Waals surface area contributed by atoms with E-state index in [1.807, 2.05) is 55.5 Å². The Kier molecular flexibility index (Phi) is 5.35. The van der Waals surface area contributed by atoms with Crippen molar-refractivity contribution in [2.24, 2.45) is 0 Å². The van der Waals surface area contributed by atoms with Crippen molar-refractivity contribution in [3.8, 4) is 17.2 Å². The average Bonchev–Trinajstić information content (AvgIpc) is 3.03. The molecule has 1 heterocycles. The Morgan fingerprint density at radius 1 is 1.09 bits per heavy atom. The molecule has 6 heteroatoms. The summed E-state index contributed by atoms with van der Waals surface area (Å²) < 4.78 is 12.4. The van der Waals surface area contributed by atoms with Crippen molar-refractivity contribution in [1.29, 1.82) is 0 Å². The number of para-hydroxylation sites is 1. The minimum atomic E-state index is 0.528. The van der Waals surface area contributed by atoms with Crippen LogP contribution in [-0.4, -0.2) is 22.6 Å². The molecule has 0 saturated carbocycles. The normalized spacial score (nSPS) is 10.7. The summed E-state index contributed by atoms with van der Waals surface area (Å²) in [5, 5.41) is 8.68. The SMILES string of the molecule is Cc1ccccc1OCCSc1nnc(-c2ccc(Br)cc2)o1. The highest BCUT2D eigenvalue weighted by molar-refractivity contribution is 9.10. The zero-order valence-electron chi connectivity index (χ0n) is 12.5. The van der Waals surface area contributed by atoms with Crippen LogP contribution in [0, 0.1) is 6.92 Å². The molecule has 4 nitrogen and oxygen atoms in total. The summed E-state index contributed by atoms with van der Waals surface area (Å²) in [6, 6.07) is 15.7. The van der Waals surface area contributed by atoms with Gasteiger partial charge in [0.15, 0.2) is 0 Å². The molecular formula is C17H15BrN2O2S. The largest absolute Gasteiger partial charge is 0.492 e. The Hall–Kier alpha value is -1.79. The van der Waals surface area contributed by atoms with Gasteiger partial charge in [0, 0.05) is 15.8 Å². The Bertz CT molecular complexity index is 774. The first kappa shape index (κ1) is 16.1. The van der Waals surface area contributed by atoms with Crippen LogP contribution >= 0.6 is 27.7 Å². The molecule has 2 aromatic carbocycles. The van der Waals surface area contributed by atoms with E-state index in [1.54, 1.807) is 0 Å². The molecule has 0 N–H and O–H groups in total. The Balaban J connectivity index is 1.52. The highest BCUT2D eigenvalue weighted by Crippen LogP contribution is 2.24. The number of hydrogen-bond acceptors (Lipinski definition) is 5. The maximum absolute atomic E-state index is 5.75. The minimum Gasteiger partial charge on any atom is -0.492 e. The number of thioether (sulfide) groups is 1. The second kappa shape index (κ2) is 7.66. The Morgan fingerprint density at radius 2 is 1.87 bits per heavy atom. The molecule has 0 saturated heterocycles. The number of halogens is 1. The van der Waals surface area contributed by atoms with E-state index in [0.29, 0.717) is 17.7 Å². The highest BCUT2D eigenvalue weighted by Gasteiger charge is 2.09. The fraction of sp³-hybridized carbons (Fsp3) is 0.176. The van der Waals surface area contributed by atoms with Gasteiger partial charge in [-0.25, -0.2) is 0 Å². The predicted molar refractivity (Wildman–Crippen MR) is 94.8 cm³/mol. The van der Waals surface area contributed by atoms with Crippen molar-refractivity contribution in [3.05, 3.63) is 58.6 Å². The van der Waals surface area contributed by atoms with Crippen LogP contribution in [0.4, 0.5) is 0 Å². The number of rotatable bonds is 6. The van der Waals surface area contributed by atoms with Crippen molar-refractivity contribution < 1.29 is 9.15 Å². The molecule has 0 aliphatic heterocycles. The molecule has 0 fully saturated rings. The monoisotopic (exact) mass is 390 g/mol. The molecule has 3 rings (SSSR count). The van der Waals surface area contributed by atoms with Crippen LogP contribution in [0.15, 0.2) is 62.6 Å². The molecule has 0 amide bonds. The van der Waals surface area contributed by atoms with E-state index in [4.69, 9.17) is 9.15 Å². The number of benzene rings is 2. The second-order valence-electron chi connectivity index (χ2n) is 4.84. The number of hydrogen-bond donors (Lipinski definition) is 0. The fourth-order valence-electron chi connectivity index (χ4n) is 1.98. The standard InChI is InChI=1S/C17H15BrN2O2S/c1-12-4-2-3-5-15(12)21-10-11-23-17-20-19-16(22-17)13-6-8-14(18)9-7-13/h2-9H,10-11H2,1H3. The van der Waals surface area contributed by atoms with Crippen LogP contribution < -0.4 is 4.74 Å². The van der Waals surface area contributed by atoms with Crippen LogP contribution in [-0.2, 0) is 0 Å². The lowest BCUT2D eigenvalue weighted by molar-refractivity contribution is 0.341. The summed E-state index contributed by atoms with van der Waals surface area (Å²) in [6.45, 7) is 2.62. The summed E-state index contributed by atoms with van der Waals surface area (Å²) in [7, 11) is 0. The van der Waals surface area contributed by atoms with E-state index in [1.165, 1.54) is 11.8 Å². The van der Waals surface area contributed by atoms with Crippen LogP contribution in [0.25, 0.3) is 11.5 Å². The van der Waals surface area contributed by atoms with E-state index >= 15 is 0 Å². The van der Waals surface area contributed by atoms with E-state index < -0.39 is 0 Å². The van der Waals surface area contributed by atoms with Gasteiger partial charge in [0.05, 0.1) is 6.61 Å². The predicted octanol–water partition coefficient (Wildman–Crippen LogP) is 4.98. The molecule has 3 aromatic rings. The van der Waals surface area contributed by atoms with E-state index in [9.17, 15) is 0 Å². The molecule has 0 aliphatic carbocycles. The Labute approximate surface area is 147 Å². The van der Waals surface area contributed by atoms with E-state index in [0.717, 1.165) is 27.1 Å². The van der Waals surface area contributed by atoms with E-state index in [2.05, 4.69) is 26.1 Å². The third-order valence-electron chi connectivity index (χ3n) is 3.16. The van der Waals surface area contributed by atoms with Crippen molar-refractivity contribution in [2.75, 3.05) is 12.4 Å². The number of ether oxygens (including phenoxy) is 1. The van der Waals surface area contributed by atoms with Crippen molar-refractivity contribution >= 4 is 27.7 Å². The quantitative estimate of drug-likeness (QED) is 0.438. The first-order chi connectivity index (χ1) is 11.2. The zero-order valence-corrected chi connectivity index (χ0v) is 14.9. The zero-order chi connectivity index (χ0) is 16.1. The summed E-state index contributed by atoms with van der Waals surface area (Å²) in [4.78, 5) is 0. The molecule has 118 valence electrons. The third-order valence-corrected chi connectivity index (χ3v) is 4.47. The molecule has 0 bridgehead atoms. The lowest BCUT2D eigenvalue weighted by Gasteiger charge is -2.07. The summed E-state index contributed by atoms with van der Waals surface area (Å²) in [6.07, 6.45) is 0. The first-order valence-electron chi connectivity index (χ1n) is 7.13. The molecule has 0 unspecified atom stereocenters. The minimum absolute atomic E-state index is 0.528. The molecule has 0 atom stereocenters. The maximum atomic E-state index is 5.75. The van der Waals surface area contributed by atoms with Gasteiger partial charge in [-0.1, -0.05) is 45.9 Å². The number of nitrogens with zero attached hydrogens (tertiary/aromatic N) is 2. The first-order valence-corrected chi connectivity index (χ1v) is 8.91. The molecule has 23 heavy (non-hydrogen) atoms. The van der Waals surface area contributed by atoms with E-state index in [-0.39, 0.29) is 0 Å². The van der Waals surface area contributed by atoms with Crippen LogP contribution in [0.2, 0.25) is 0 Å². The molecule has 0 aliphatic rings. The third kappa shape index (κ3) is 4.36. The maximum Gasteiger partial charge on any atom is 0.276 e. The van der Waals surface area contributed by atoms with Crippen molar-refractivity contribution in [3.63, 3.8) is 0 Å². The van der Waals surface area contributed by atoms with Gasteiger partial charge < -0.3 is 9.15 Å². The van der Waals surface area contributed by atoms with Crippen LogP contribution in [0.5, 0.6) is 5.75 Å². The van der Waals surface area contributed by atoms with Gasteiger partial charge in [0.2, 0.25) is 5.89 Å². The second-order valence-corrected chi connectivity index (χ2v) is 6.80. The molecule has 0 spiro atoms. The summed E-state index contributed by atoms with van der Waals surface area (Å²) >= 11 is 4.89. The topological polar surface area (TPSA) is 48.2 Å². The summed E-state index contributed by atoms with van der Waals surface area (Å²) in [5.74, 6) is 2.19. The molecular weight excluding hydrogens is 376 g/mol. The average molecular weight is 391 g/mol. The smallest absolute Gasteiger partial charge is 0.276 e. The number of aromatic nitrogens is 2. The number of aryl methyl sites for hydroxylation is 1. The molecule has 1 aromatic heterocycles. The van der Waals surface area contributed by atoms with Gasteiger partial charge in [-0.05, 0) is 42.8 Å². The lowest BCUT2D eigenvalue weighted by Crippen LogP contribution is -2.01. The van der Waals surface area contributed by atoms with Gasteiger partial charge in [0.25, 0.3) is 5.22 Å². The molecule has 0 radical (unpaired) electrons. The van der Waals surface area contributed by atoms with Crippen LogP contribution in [0.3, 0.4) is 0 Å².